The first-order valence-corrected chi connectivity index (χ1v) is 9.07. The molecular weight excluding hydrogens is 388 g/mol. The molecule has 1 heterocycles. The Morgan fingerprint density at radius 2 is 1.88 bits per heavy atom. The number of rotatable bonds is 6. The summed E-state index contributed by atoms with van der Waals surface area (Å²) in [7, 11) is 0. The number of carbonyl (C=O) groups excluding carboxylic acids is 1. The lowest BCUT2D eigenvalue weighted by Gasteiger charge is -2.10. The summed E-state index contributed by atoms with van der Waals surface area (Å²) in [5.74, 6) is 0.0572. The van der Waals surface area contributed by atoms with E-state index in [1.807, 2.05) is 61.5 Å². The van der Waals surface area contributed by atoms with Crippen molar-refractivity contribution in [3.63, 3.8) is 0 Å². The fraction of sp³-hybridized carbons (Fsp3) is 0.176. The molecule has 0 aliphatic carbocycles. The van der Waals surface area contributed by atoms with Gasteiger partial charge in [-0.3, -0.25) is 4.79 Å². The molecule has 3 rings (SSSR count). The van der Waals surface area contributed by atoms with Gasteiger partial charge in [-0.15, -0.1) is 5.10 Å². The molecule has 0 N–H and O–H groups in total. The molecule has 0 aliphatic heterocycles. The van der Waals surface area contributed by atoms with Crippen LogP contribution in [0.5, 0.6) is 0 Å². The fourth-order valence-electron chi connectivity index (χ4n) is 2.20. The maximum atomic E-state index is 12.5. The second kappa shape index (κ2) is 7.72. The Morgan fingerprint density at radius 1 is 1.17 bits per heavy atom. The van der Waals surface area contributed by atoms with E-state index in [-0.39, 0.29) is 11.0 Å². The van der Waals surface area contributed by atoms with Gasteiger partial charge in [0.2, 0.25) is 5.16 Å². The van der Waals surface area contributed by atoms with Gasteiger partial charge in [0, 0.05) is 10.0 Å². The number of tetrazole rings is 1. The van der Waals surface area contributed by atoms with Crippen LogP contribution in [-0.4, -0.2) is 31.2 Å². The highest BCUT2D eigenvalue weighted by Gasteiger charge is 2.20. The van der Waals surface area contributed by atoms with E-state index in [1.165, 1.54) is 11.8 Å². The Labute approximate surface area is 152 Å². The van der Waals surface area contributed by atoms with Crippen molar-refractivity contribution in [1.29, 1.82) is 0 Å². The van der Waals surface area contributed by atoms with Crippen LogP contribution in [0.2, 0.25) is 0 Å². The van der Waals surface area contributed by atoms with Crippen molar-refractivity contribution in [2.45, 2.75) is 23.9 Å². The van der Waals surface area contributed by atoms with Gasteiger partial charge in [-0.2, -0.15) is 0 Å². The highest BCUT2D eigenvalue weighted by molar-refractivity contribution is 9.10. The number of hydrogen-bond acceptors (Lipinski definition) is 5. The maximum absolute atomic E-state index is 12.5. The van der Waals surface area contributed by atoms with Gasteiger partial charge in [0.1, 0.15) is 0 Å². The number of benzene rings is 2. The molecule has 0 saturated heterocycles. The molecule has 1 unspecified atom stereocenters. The smallest absolute Gasteiger partial charge is 0.210 e. The number of carbonyl (C=O) groups is 1. The van der Waals surface area contributed by atoms with Gasteiger partial charge in [-0.05, 0) is 35.0 Å². The highest BCUT2D eigenvalue weighted by atomic mass is 79.9. The second-order valence-electron chi connectivity index (χ2n) is 5.24. The third kappa shape index (κ3) is 4.10. The van der Waals surface area contributed by atoms with Crippen molar-refractivity contribution >= 4 is 33.5 Å². The SMILES string of the molecule is CC(Sc1nnnn1Cc1ccccc1)C(=O)c1ccc(Br)cc1. The van der Waals surface area contributed by atoms with Gasteiger partial charge in [0.15, 0.2) is 5.78 Å². The molecule has 0 fully saturated rings. The minimum absolute atomic E-state index is 0.0572. The van der Waals surface area contributed by atoms with Crippen LogP contribution in [0.4, 0.5) is 0 Å². The van der Waals surface area contributed by atoms with E-state index in [4.69, 9.17) is 0 Å². The lowest BCUT2D eigenvalue weighted by atomic mass is 10.1. The minimum atomic E-state index is -0.272. The van der Waals surface area contributed by atoms with Crippen molar-refractivity contribution in [1.82, 2.24) is 20.2 Å². The van der Waals surface area contributed by atoms with Crippen LogP contribution in [-0.2, 0) is 6.54 Å². The van der Waals surface area contributed by atoms with Crippen molar-refractivity contribution in [2.24, 2.45) is 0 Å². The Kier molecular flexibility index (Phi) is 5.42. The van der Waals surface area contributed by atoms with Gasteiger partial charge in [-0.1, -0.05) is 70.2 Å². The molecular formula is C17H15BrN4OS. The quantitative estimate of drug-likeness (QED) is 0.462. The predicted molar refractivity (Wildman–Crippen MR) is 97.2 cm³/mol. The molecule has 24 heavy (non-hydrogen) atoms. The first kappa shape index (κ1) is 16.9. The molecule has 0 saturated carbocycles. The lowest BCUT2D eigenvalue weighted by molar-refractivity contribution is 0.0994. The monoisotopic (exact) mass is 402 g/mol. The number of hydrogen-bond donors (Lipinski definition) is 0. The summed E-state index contributed by atoms with van der Waals surface area (Å²) in [4.78, 5) is 12.5. The number of Topliss-reactive ketones (excluding diaryl/α,β-unsaturated/α-hetero) is 1. The molecule has 0 amide bonds. The average Bonchev–Trinajstić information content (AvgIpc) is 3.02. The second-order valence-corrected chi connectivity index (χ2v) is 7.46. The minimum Gasteiger partial charge on any atom is -0.293 e. The molecule has 7 heteroatoms. The van der Waals surface area contributed by atoms with E-state index in [1.54, 1.807) is 4.68 Å². The van der Waals surface area contributed by atoms with Crippen LogP contribution in [0, 0.1) is 0 Å². The van der Waals surface area contributed by atoms with E-state index in [0.29, 0.717) is 17.3 Å². The zero-order chi connectivity index (χ0) is 16.9. The molecule has 122 valence electrons. The third-order valence-corrected chi connectivity index (χ3v) is 5.05. The van der Waals surface area contributed by atoms with E-state index in [9.17, 15) is 4.79 Å². The maximum Gasteiger partial charge on any atom is 0.210 e. The summed E-state index contributed by atoms with van der Waals surface area (Å²) in [6.45, 7) is 2.45. The van der Waals surface area contributed by atoms with Crippen molar-refractivity contribution in [2.75, 3.05) is 0 Å². The normalized spacial score (nSPS) is 12.1. The van der Waals surface area contributed by atoms with Gasteiger partial charge < -0.3 is 0 Å². The lowest BCUT2D eigenvalue weighted by Crippen LogP contribution is -2.15. The third-order valence-electron chi connectivity index (χ3n) is 3.45. The van der Waals surface area contributed by atoms with Gasteiger partial charge in [0.05, 0.1) is 11.8 Å². The molecule has 0 bridgehead atoms. The van der Waals surface area contributed by atoms with Gasteiger partial charge in [0.25, 0.3) is 0 Å². The van der Waals surface area contributed by atoms with Crippen LogP contribution in [0.25, 0.3) is 0 Å². The van der Waals surface area contributed by atoms with Gasteiger partial charge in [-0.25, -0.2) is 4.68 Å². The summed E-state index contributed by atoms with van der Waals surface area (Å²) in [6, 6.07) is 17.3. The fourth-order valence-corrected chi connectivity index (χ4v) is 3.33. The highest BCUT2D eigenvalue weighted by Crippen LogP contribution is 2.24. The standard InChI is InChI=1S/C17H15BrN4OS/c1-12(16(23)14-7-9-15(18)10-8-14)24-17-19-20-21-22(17)11-13-5-3-2-4-6-13/h2-10,12H,11H2,1H3. The van der Waals surface area contributed by atoms with Crippen LogP contribution in [0.15, 0.2) is 64.2 Å². The number of ketones is 1. The van der Waals surface area contributed by atoms with Gasteiger partial charge >= 0.3 is 0 Å². The summed E-state index contributed by atoms with van der Waals surface area (Å²) in [5.41, 5.74) is 1.79. The number of aromatic nitrogens is 4. The molecule has 0 radical (unpaired) electrons. The van der Waals surface area contributed by atoms with Crippen molar-refractivity contribution in [3.05, 3.63) is 70.2 Å². The van der Waals surface area contributed by atoms with Crippen LogP contribution in [0.1, 0.15) is 22.8 Å². The summed E-state index contributed by atoms with van der Waals surface area (Å²) >= 11 is 4.74. The molecule has 0 aliphatic rings. The summed E-state index contributed by atoms with van der Waals surface area (Å²) in [5, 5.41) is 12.2. The van der Waals surface area contributed by atoms with Crippen molar-refractivity contribution < 1.29 is 4.79 Å². The van der Waals surface area contributed by atoms with Crippen molar-refractivity contribution in [3.8, 4) is 0 Å². The van der Waals surface area contributed by atoms with E-state index in [2.05, 4.69) is 31.5 Å². The van der Waals surface area contributed by atoms with E-state index in [0.717, 1.165) is 10.0 Å². The Hall–Kier alpha value is -1.99. The van der Waals surface area contributed by atoms with Crippen LogP contribution >= 0.6 is 27.7 Å². The molecule has 2 aromatic carbocycles. The van der Waals surface area contributed by atoms with E-state index >= 15 is 0 Å². The Balaban J connectivity index is 1.71. The number of halogens is 1. The first-order valence-electron chi connectivity index (χ1n) is 7.40. The molecule has 1 atom stereocenters. The molecule has 5 nitrogen and oxygen atoms in total. The largest absolute Gasteiger partial charge is 0.293 e. The zero-order valence-electron chi connectivity index (χ0n) is 13.0. The first-order chi connectivity index (χ1) is 11.6. The topological polar surface area (TPSA) is 60.7 Å². The summed E-state index contributed by atoms with van der Waals surface area (Å²) < 4.78 is 2.66. The van der Waals surface area contributed by atoms with Crippen LogP contribution < -0.4 is 0 Å². The molecule has 1 aromatic heterocycles. The van der Waals surface area contributed by atoms with E-state index < -0.39 is 0 Å². The zero-order valence-corrected chi connectivity index (χ0v) is 15.4. The molecule has 3 aromatic rings. The summed E-state index contributed by atoms with van der Waals surface area (Å²) in [6.07, 6.45) is 0. The average molecular weight is 403 g/mol. The van der Waals surface area contributed by atoms with Crippen LogP contribution in [0.3, 0.4) is 0 Å². The Morgan fingerprint density at radius 3 is 2.58 bits per heavy atom. The number of nitrogens with zero attached hydrogens (tertiary/aromatic N) is 4. The predicted octanol–water partition coefficient (Wildman–Crippen LogP) is 3.85. The number of thioether (sulfide) groups is 1. The Bertz CT molecular complexity index is 820. The molecule has 0 spiro atoms.